The highest BCUT2D eigenvalue weighted by Gasteiger charge is 2.38. The lowest BCUT2D eigenvalue weighted by atomic mass is 9.94. The van der Waals surface area contributed by atoms with Crippen LogP contribution in [0.3, 0.4) is 0 Å². The summed E-state index contributed by atoms with van der Waals surface area (Å²) in [4.78, 5) is 39.6. The lowest BCUT2D eigenvalue weighted by molar-refractivity contribution is -0.130. The summed E-state index contributed by atoms with van der Waals surface area (Å²) < 4.78 is 0. The number of rotatable bonds is 7. The van der Waals surface area contributed by atoms with Gasteiger partial charge in [-0.1, -0.05) is 44.7 Å². The SMILES string of the molecule is CCCCNC(=O)c1ccccc1NC(=O)C1CC(=O)N(C2CCCCC2)C1. The third kappa shape index (κ3) is 4.91. The van der Waals surface area contributed by atoms with Crippen LogP contribution in [0.1, 0.15) is 68.6 Å². The number of para-hydroxylation sites is 1. The fraction of sp³-hybridized carbons (Fsp3) is 0.591. The highest BCUT2D eigenvalue weighted by atomic mass is 16.2. The average molecular weight is 386 g/mol. The van der Waals surface area contributed by atoms with E-state index in [1.807, 2.05) is 4.90 Å². The average Bonchev–Trinajstić information content (AvgIpc) is 3.11. The van der Waals surface area contributed by atoms with Crippen molar-refractivity contribution in [1.82, 2.24) is 10.2 Å². The summed E-state index contributed by atoms with van der Waals surface area (Å²) in [5, 5.41) is 5.78. The maximum absolute atomic E-state index is 12.8. The molecule has 0 spiro atoms. The van der Waals surface area contributed by atoms with E-state index < -0.39 is 0 Å². The maximum atomic E-state index is 12.8. The van der Waals surface area contributed by atoms with Gasteiger partial charge in [0.2, 0.25) is 11.8 Å². The predicted molar refractivity (Wildman–Crippen MR) is 109 cm³/mol. The summed E-state index contributed by atoms with van der Waals surface area (Å²) in [5.74, 6) is -0.639. The van der Waals surface area contributed by atoms with Gasteiger partial charge in [0.25, 0.3) is 5.91 Å². The van der Waals surface area contributed by atoms with E-state index in [1.165, 1.54) is 6.42 Å². The number of nitrogens with one attached hydrogen (secondary N) is 2. The zero-order valence-electron chi connectivity index (χ0n) is 16.7. The monoisotopic (exact) mass is 385 g/mol. The van der Waals surface area contributed by atoms with Crippen molar-refractivity contribution < 1.29 is 14.4 Å². The third-order valence-corrected chi connectivity index (χ3v) is 5.79. The van der Waals surface area contributed by atoms with Crippen molar-refractivity contribution in [2.75, 3.05) is 18.4 Å². The normalized spacial score (nSPS) is 20.2. The lowest BCUT2D eigenvalue weighted by Gasteiger charge is -2.31. The van der Waals surface area contributed by atoms with Crippen molar-refractivity contribution in [3.05, 3.63) is 29.8 Å². The molecule has 1 aliphatic heterocycles. The molecule has 152 valence electrons. The number of likely N-dealkylation sites (tertiary alicyclic amines) is 1. The smallest absolute Gasteiger partial charge is 0.253 e. The van der Waals surface area contributed by atoms with Crippen LogP contribution in [0.25, 0.3) is 0 Å². The first-order chi connectivity index (χ1) is 13.6. The van der Waals surface area contributed by atoms with Gasteiger partial charge >= 0.3 is 0 Å². The number of hydrogen-bond donors (Lipinski definition) is 2. The molecule has 1 saturated heterocycles. The number of amides is 3. The minimum absolute atomic E-state index is 0.0812. The molecular formula is C22H31N3O3. The molecule has 2 fully saturated rings. The first-order valence-electron chi connectivity index (χ1n) is 10.6. The van der Waals surface area contributed by atoms with Gasteiger partial charge < -0.3 is 15.5 Å². The van der Waals surface area contributed by atoms with Crippen LogP contribution < -0.4 is 10.6 Å². The molecule has 1 saturated carbocycles. The Bertz CT molecular complexity index is 713. The second-order valence-corrected chi connectivity index (χ2v) is 7.88. The van der Waals surface area contributed by atoms with E-state index in [0.717, 1.165) is 38.5 Å². The maximum Gasteiger partial charge on any atom is 0.253 e. The Morgan fingerprint density at radius 2 is 1.89 bits per heavy atom. The number of nitrogens with zero attached hydrogens (tertiary/aromatic N) is 1. The summed E-state index contributed by atoms with van der Waals surface area (Å²) in [6, 6.07) is 7.32. The molecule has 0 radical (unpaired) electrons. The number of carbonyl (C=O) groups excluding carboxylic acids is 3. The number of unbranched alkanes of at least 4 members (excludes halogenated alkanes) is 1. The van der Waals surface area contributed by atoms with Gasteiger partial charge in [0.05, 0.1) is 17.2 Å². The van der Waals surface area contributed by atoms with Crippen molar-refractivity contribution in [2.24, 2.45) is 5.92 Å². The zero-order chi connectivity index (χ0) is 19.9. The van der Waals surface area contributed by atoms with Crippen LogP contribution in [0, 0.1) is 5.92 Å². The van der Waals surface area contributed by atoms with Crippen LogP contribution in [0.4, 0.5) is 5.69 Å². The Balaban J connectivity index is 1.62. The zero-order valence-corrected chi connectivity index (χ0v) is 16.7. The molecule has 1 atom stereocenters. The minimum atomic E-state index is -0.356. The fourth-order valence-electron chi connectivity index (χ4n) is 4.15. The van der Waals surface area contributed by atoms with Crippen molar-refractivity contribution >= 4 is 23.4 Å². The van der Waals surface area contributed by atoms with Crippen LogP contribution in [0.2, 0.25) is 0 Å². The van der Waals surface area contributed by atoms with Gasteiger partial charge in [0.1, 0.15) is 0 Å². The Kier molecular flexibility index (Phi) is 7.06. The number of anilines is 1. The molecule has 0 aromatic heterocycles. The van der Waals surface area contributed by atoms with E-state index >= 15 is 0 Å². The highest BCUT2D eigenvalue weighted by molar-refractivity contribution is 6.05. The molecule has 3 amide bonds. The molecule has 6 nitrogen and oxygen atoms in total. The molecule has 1 aromatic rings. The third-order valence-electron chi connectivity index (χ3n) is 5.79. The molecule has 2 aliphatic rings. The Labute approximate surface area is 167 Å². The molecule has 1 aromatic carbocycles. The summed E-state index contributed by atoms with van der Waals surface area (Å²) in [7, 11) is 0. The van der Waals surface area contributed by atoms with Gasteiger partial charge in [-0.2, -0.15) is 0 Å². The van der Waals surface area contributed by atoms with Crippen molar-refractivity contribution in [2.45, 2.75) is 64.3 Å². The first-order valence-corrected chi connectivity index (χ1v) is 10.6. The van der Waals surface area contributed by atoms with Crippen LogP contribution in [0.15, 0.2) is 24.3 Å². The first kappa shape index (κ1) is 20.4. The topological polar surface area (TPSA) is 78.5 Å². The standard InChI is InChI=1S/C22H31N3O3/c1-2-3-13-23-22(28)18-11-7-8-12-19(18)24-21(27)16-14-20(26)25(15-16)17-9-5-4-6-10-17/h7-8,11-12,16-17H,2-6,9-10,13-15H2,1H3,(H,23,28)(H,24,27). The number of hydrogen-bond acceptors (Lipinski definition) is 3. The summed E-state index contributed by atoms with van der Waals surface area (Å²) >= 11 is 0. The predicted octanol–water partition coefficient (Wildman–Crippen LogP) is 3.34. The van der Waals surface area contributed by atoms with E-state index in [2.05, 4.69) is 17.6 Å². The lowest BCUT2D eigenvalue weighted by Crippen LogP contribution is -2.38. The molecule has 1 aliphatic carbocycles. The minimum Gasteiger partial charge on any atom is -0.352 e. The van der Waals surface area contributed by atoms with Gasteiger partial charge in [-0.05, 0) is 31.4 Å². The molecule has 2 N–H and O–H groups in total. The molecule has 0 bridgehead atoms. The van der Waals surface area contributed by atoms with Gasteiger partial charge in [-0.25, -0.2) is 0 Å². The van der Waals surface area contributed by atoms with Crippen molar-refractivity contribution in [3.63, 3.8) is 0 Å². The van der Waals surface area contributed by atoms with Crippen molar-refractivity contribution in [3.8, 4) is 0 Å². The van der Waals surface area contributed by atoms with Crippen LogP contribution in [-0.4, -0.2) is 41.8 Å². The number of benzene rings is 1. The van der Waals surface area contributed by atoms with Gasteiger partial charge in [0.15, 0.2) is 0 Å². The molecule has 28 heavy (non-hydrogen) atoms. The molecule has 3 rings (SSSR count). The van der Waals surface area contributed by atoms with Crippen LogP contribution in [-0.2, 0) is 9.59 Å². The quantitative estimate of drug-likeness (QED) is 0.707. The van der Waals surface area contributed by atoms with Gasteiger partial charge in [-0.3, -0.25) is 14.4 Å². The van der Waals surface area contributed by atoms with Crippen LogP contribution in [0.5, 0.6) is 0 Å². The van der Waals surface area contributed by atoms with E-state index in [1.54, 1.807) is 24.3 Å². The summed E-state index contributed by atoms with van der Waals surface area (Å²) in [6.07, 6.45) is 7.82. The molecule has 6 heteroatoms. The van der Waals surface area contributed by atoms with Crippen LogP contribution >= 0.6 is 0 Å². The highest BCUT2D eigenvalue weighted by Crippen LogP contribution is 2.29. The van der Waals surface area contributed by atoms with Gasteiger partial charge in [-0.15, -0.1) is 0 Å². The van der Waals surface area contributed by atoms with E-state index in [4.69, 9.17) is 0 Å². The Morgan fingerprint density at radius 1 is 1.14 bits per heavy atom. The molecule has 1 unspecified atom stereocenters. The molecular weight excluding hydrogens is 354 g/mol. The summed E-state index contributed by atoms with van der Waals surface area (Å²) in [6.45, 7) is 3.17. The van der Waals surface area contributed by atoms with Crippen molar-refractivity contribution in [1.29, 1.82) is 0 Å². The number of carbonyl (C=O) groups is 3. The molecule has 1 heterocycles. The van der Waals surface area contributed by atoms with E-state index in [9.17, 15) is 14.4 Å². The largest absolute Gasteiger partial charge is 0.352 e. The second-order valence-electron chi connectivity index (χ2n) is 7.88. The Hall–Kier alpha value is -2.37. The fourth-order valence-corrected chi connectivity index (χ4v) is 4.15. The van der Waals surface area contributed by atoms with E-state index in [0.29, 0.717) is 24.3 Å². The second kappa shape index (κ2) is 9.71. The summed E-state index contributed by atoms with van der Waals surface area (Å²) in [5.41, 5.74) is 0.963. The Morgan fingerprint density at radius 3 is 2.64 bits per heavy atom. The van der Waals surface area contributed by atoms with Gasteiger partial charge in [0, 0.05) is 25.6 Å². The van der Waals surface area contributed by atoms with E-state index in [-0.39, 0.29) is 36.1 Å².